The van der Waals surface area contributed by atoms with E-state index < -0.39 is 26.6 Å². The molecule has 0 aliphatic carbocycles. The van der Waals surface area contributed by atoms with Gasteiger partial charge in [0.15, 0.2) is 0 Å². The van der Waals surface area contributed by atoms with Crippen molar-refractivity contribution in [3.8, 4) is 0 Å². The van der Waals surface area contributed by atoms with Crippen LogP contribution in [-0.2, 0) is 27.6 Å². The number of amides is 1. The minimum Gasteiger partial charge on any atom is -0.379 e. The van der Waals surface area contributed by atoms with E-state index in [0.717, 1.165) is 41.8 Å². The van der Waals surface area contributed by atoms with E-state index in [0.29, 0.717) is 0 Å². The average Bonchev–Trinajstić information content (AvgIpc) is 2.74. The highest BCUT2D eigenvalue weighted by molar-refractivity contribution is 7.89. The molecule has 1 saturated heterocycles. The minimum absolute atomic E-state index is 0.0891. The lowest BCUT2D eigenvalue weighted by Gasteiger charge is -2.26. The van der Waals surface area contributed by atoms with Gasteiger partial charge in [-0.3, -0.25) is 4.79 Å². The predicted molar refractivity (Wildman–Crippen MR) is 109 cm³/mol. The maximum absolute atomic E-state index is 14.4. The van der Waals surface area contributed by atoms with Crippen molar-refractivity contribution >= 4 is 21.6 Å². The number of carbonyl (C=O) groups is 1. The zero-order valence-corrected chi connectivity index (χ0v) is 17.4. The summed E-state index contributed by atoms with van der Waals surface area (Å²) in [5.74, 6) is -1.35. The Labute approximate surface area is 170 Å². The van der Waals surface area contributed by atoms with Crippen molar-refractivity contribution in [1.82, 2.24) is 4.31 Å². The number of benzene rings is 2. The lowest BCUT2D eigenvalue weighted by Crippen LogP contribution is -2.41. The molecule has 1 amide bonds. The third-order valence-electron chi connectivity index (χ3n) is 5.02. The topological polar surface area (TPSA) is 75.7 Å². The molecule has 0 atom stereocenters. The van der Waals surface area contributed by atoms with Crippen LogP contribution in [0.25, 0.3) is 0 Å². The van der Waals surface area contributed by atoms with Crippen LogP contribution in [0.3, 0.4) is 0 Å². The van der Waals surface area contributed by atoms with E-state index in [2.05, 4.69) is 5.32 Å². The van der Waals surface area contributed by atoms with Gasteiger partial charge >= 0.3 is 0 Å². The van der Waals surface area contributed by atoms with E-state index in [1.807, 2.05) is 32.0 Å². The zero-order valence-electron chi connectivity index (χ0n) is 16.6. The summed E-state index contributed by atoms with van der Waals surface area (Å²) in [5, 5.41) is 2.89. The molecule has 2 aromatic rings. The number of para-hydroxylation sites is 1. The number of hydrogen-bond acceptors (Lipinski definition) is 4. The molecule has 0 aromatic heterocycles. The number of morpholine rings is 1. The molecular formula is C21H25FN2O4S. The number of carbonyl (C=O) groups excluding carboxylic acids is 1. The summed E-state index contributed by atoms with van der Waals surface area (Å²) in [4.78, 5) is 12.4. The van der Waals surface area contributed by atoms with Gasteiger partial charge in [0.05, 0.1) is 13.2 Å². The van der Waals surface area contributed by atoms with Gasteiger partial charge in [0.25, 0.3) is 5.91 Å². The molecule has 0 radical (unpaired) electrons. The van der Waals surface area contributed by atoms with Crippen LogP contribution in [0.1, 0.15) is 35.3 Å². The monoisotopic (exact) mass is 420 g/mol. The second-order valence-electron chi connectivity index (χ2n) is 6.77. The molecule has 0 bridgehead atoms. The molecular weight excluding hydrogens is 395 g/mol. The molecule has 156 valence electrons. The molecule has 3 rings (SSSR count). The minimum atomic E-state index is -4.05. The van der Waals surface area contributed by atoms with Crippen LogP contribution in [0.2, 0.25) is 0 Å². The summed E-state index contributed by atoms with van der Waals surface area (Å²) in [6.07, 6.45) is 1.48. The van der Waals surface area contributed by atoms with E-state index >= 15 is 0 Å². The van der Waals surface area contributed by atoms with Crippen LogP contribution >= 0.6 is 0 Å². The molecule has 6 nitrogen and oxygen atoms in total. The van der Waals surface area contributed by atoms with Crippen molar-refractivity contribution in [1.29, 1.82) is 0 Å². The Morgan fingerprint density at radius 1 is 1.10 bits per heavy atom. The Morgan fingerprint density at radius 3 is 2.31 bits per heavy atom. The smallest absolute Gasteiger partial charge is 0.255 e. The van der Waals surface area contributed by atoms with Gasteiger partial charge in [0.1, 0.15) is 10.7 Å². The molecule has 0 saturated carbocycles. The van der Waals surface area contributed by atoms with E-state index in [1.54, 1.807) is 0 Å². The fraction of sp³-hybridized carbons (Fsp3) is 0.381. The predicted octanol–water partition coefficient (Wildman–Crippen LogP) is 3.22. The lowest BCUT2D eigenvalue weighted by molar-refractivity contribution is 0.0729. The molecule has 0 spiro atoms. The first-order valence-electron chi connectivity index (χ1n) is 9.68. The first-order valence-corrected chi connectivity index (χ1v) is 11.1. The number of sulfonamides is 1. The second-order valence-corrected chi connectivity index (χ2v) is 8.68. The lowest BCUT2D eigenvalue weighted by atomic mass is 10.0. The van der Waals surface area contributed by atoms with Crippen molar-refractivity contribution in [3.05, 3.63) is 58.9 Å². The number of ether oxygens (including phenoxy) is 1. The van der Waals surface area contributed by atoms with Crippen molar-refractivity contribution in [2.75, 3.05) is 31.6 Å². The van der Waals surface area contributed by atoms with Crippen LogP contribution in [0.4, 0.5) is 10.1 Å². The first kappa shape index (κ1) is 21.4. The van der Waals surface area contributed by atoms with E-state index in [9.17, 15) is 17.6 Å². The van der Waals surface area contributed by atoms with Crippen molar-refractivity contribution in [3.63, 3.8) is 0 Å². The number of halogens is 1. The first-order chi connectivity index (χ1) is 13.9. The summed E-state index contributed by atoms with van der Waals surface area (Å²) in [6, 6.07) is 9.24. The Morgan fingerprint density at radius 2 is 1.72 bits per heavy atom. The molecule has 1 aliphatic rings. The van der Waals surface area contributed by atoms with Gasteiger partial charge in [-0.05, 0) is 42.2 Å². The van der Waals surface area contributed by atoms with Gasteiger partial charge in [0, 0.05) is 24.3 Å². The Bertz CT molecular complexity index is 979. The summed E-state index contributed by atoms with van der Waals surface area (Å²) < 4.78 is 46.4. The molecule has 29 heavy (non-hydrogen) atoms. The summed E-state index contributed by atoms with van der Waals surface area (Å²) in [5.41, 5.74) is 2.79. The van der Waals surface area contributed by atoms with Gasteiger partial charge in [-0.1, -0.05) is 32.0 Å². The summed E-state index contributed by atoms with van der Waals surface area (Å²) >= 11 is 0. The van der Waals surface area contributed by atoms with E-state index in [4.69, 9.17) is 4.74 Å². The highest BCUT2D eigenvalue weighted by atomic mass is 32.2. The number of hydrogen-bond donors (Lipinski definition) is 1. The van der Waals surface area contributed by atoms with Crippen LogP contribution in [0.15, 0.2) is 41.3 Å². The molecule has 1 heterocycles. The van der Waals surface area contributed by atoms with Crippen LogP contribution in [0.5, 0.6) is 0 Å². The molecule has 0 unspecified atom stereocenters. The number of rotatable bonds is 6. The highest BCUT2D eigenvalue weighted by Gasteiger charge is 2.30. The van der Waals surface area contributed by atoms with Gasteiger partial charge in [-0.15, -0.1) is 0 Å². The van der Waals surface area contributed by atoms with Gasteiger partial charge in [-0.25, -0.2) is 12.8 Å². The molecule has 8 heteroatoms. The average molecular weight is 421 g/mol. The molecule has 1 aliphatic heterocycles. The van der Waals surface area contributed by atoms with Gasteiger partial charge < -0.3 is 10.1 Å². The standard InChI is InChI=1S/C21H25FN2O4S/c1-3-15-6-5-7-16(4-2)20(15)23-21(25)17-8-9-18(22)19(14-17)29(26,27)24-10-12-28-13-11-24/h5-9,14H,3-4,10-13H2,1-2H3,(H,23,25). The maximum Gasteiger partial charge on any atom is 0.255 e. The number of nitrogens with one attached hydrogen (secondary N) is 1. The normalized spacial score (nSPS) is 15.3. The second kappa shape index (κ2) is 9.02. The Kier molecular flexibility index (Phi) is 6.66. The van der Waals surface area contributed by atoms with E-state index in [-0.39, 0.29) is 31.9 Å². The van der Waals surface area contributed by atoms with Gasteiger partial charge in [0.2, 0.25) is 10.0 Å². The number of nitrogens with zero attached hydrogens (tertiary/aromatic N) is 1. The SMILES string of the molecule is CCc1cccc(CC)c1NC(=O)c1ccc(F)c(S(=O)(=O)N2CCOCC2)c1. The van der Waals surface area contributed by atoms with Crippen molar-refractivity contribution < 1.29 is 22.3 Å². The third-order valence-corrected chi connectivity index (χ3v) is 6.93. The fourth-order valence-electron chi connectivity index (χ4n) is 3.36. The summed E-state index contributed by atoms with van der Waals surface area (Å²) in [6.45, 7) is 4.82. The zero-order chi connectivity index (χ0) is 21.0. The van der Waals surface area contributed by atoms with Crippen LogP contribution in [0, 0.1) is 5.82 Å². The van der Waals surface area contributed by atoms with E-state index in [1.165, 1.54) is 10.4 Å². The number of anilines is 1. The summed E-state index contributed by atoms with van der Waals surface area (Å²) in [7, 11) is -4.05. The van der Waals surface area contributed by atoms with Crippen molar-refractivity contribution in [2.24, 2.45) is 0 Å². The molecule has 1 N–H and O–H groups in total. The van der Waals surface area contributed by atoms with Crippen LogP contribution in [-0.4, -0.2) is 44.9 Å². The largest absolute Gasteiger partial charge is 0.379 e. The quantitative estimate of drug-likeness (QED) is 0.779. The van der Waals surface area contributed by atoms with Crippen LogP contribution < -0.4 is 5.32 Å². The molecule has 2 aromatic carbocycles. The fourth-order valence-corrected chi connectivity index (χ4v) is 4.86. The highest BCUT2D eigenvalue weighted by Crippen LogP contribution is 2.25. The Hall–Kier alpha value is -2.29. The Balaban J connectivity index is 1.93. The molecule has 1 fully saturated rings. The third kappa shape index (κ3) is 4.49. The maximum atomic E-state index is 14.4. The number of aryl methyl sites for hydroxylation is 2. The van der Waals surface area contributed by atoms with Gasteiger partial charge in [-0.2, -0.15) is 4.31 Å². The van der Waals surface area contributed by atoms with Crippen molar-refractivity contribution in [2.45, 2.75) is 31.6 Å².